The number of amides is 1. The summed E-state index contributed by atoms with van der Waals surface area (Å²) < 4.78 is 0. The van der Waals surface area contributed by atoms with Crippen LogP contribution in [0.4, 0.5) is 0 Å². The molecule has 0 spiro atoms. The molecular weight excluding hydrogens is 232 g/mol. The highest BCUT2D eigenvalue weighted by Gasteiger charge is 2.17. The van der Waals surface area contributed by atoms with Crippen molar-refractivity contribution >= 4 is 5.91 Å². The summed E-state index contributed by atoms with van der Waals surface area (Å²) in [6.45, 7) is 4.85. The molecule has 0 saturated heterocycles. The van der Waals surface area contributed by atoms with Crippen molar-refractivity contribution in [3.05, 3.63) is 11.6 Å². The number of aromatic amines is 1. The van der Waals surface area contributed by atoms with Gasteiger partial charge in [0.05, 0.1) is 0 Å². The zero-order chi connectivity index (χ0) is 13.5. The van der Waals surface area contributed by atoms with Crippen LogP contribution in [0.3, 0.4) is 0 Å². The van der Waals surface area contributed by atoms with E-state index in [0.29, 0.717) is 6.54 Å². The summed E-state index contributed by atoms with van der Waals surface area (Å²) in [5.41, 5.74) is 0. The molecule has 1 amide bonds. The second kappa shape index (κ2) is 7.10. The standard InChI is InChI=1S/C12H22N4O2/c1-9(2)10-13-11(15-14-10)12(18)16(3)7-5-4-6-8-17/h9,17H,4-8H2,1-3H3,(H,13,14,15). The number of nitrogens with zero attached hydrogens (tertiary/aromatic N) is 3. The largest absolute Gasteiger partial charge is 0.396 e. The fraction of sp³-hybridized carbons (Fsp3) is 0.750. The number of carbonyl (C=O) groups excluding carboxylic acids is 1. The molecule has 0 atom stereocenters. The third kappa shape index (κ3) is 4.10. The highest BCUT2D eigenvalue weighted by Crippen LogP contribution is 2.09. The average molecular weight is 254 g/mol. The Morgan fingerprint density at radius 1 is 1.39 bits per heavy atom. The molecule has 102 valence electrons. The molecule has 0 unspecified atom stereocenters. The highest BCUT2D eigenvalue weighted by molar-refractivity contribution is 5.90. The summed E-state index contributed by atoms with van der Waals surface area (Å²) in [4.78, 5) is 17.8. The third-order valence-corrected chi connectivity index (χ3v) is 2.74. The lowest BCUT2D eigenvalue weighted by Gasteiger charge is -2.14. The van der Waals surface area contributed by atoms with Crippen molar-refractivity contribution in [3.63, 3.8) is 0 Å². The van der Waals surface area contributed by atoms with Gasteiger partial charge in [0.15, 0.2) is 0 Å². The van der Waals surface area contributed by atoms with E-state index in [0.717, 1.165) is 25.1 Å². The SMILES string of the molecule is CC(C)c1nc(C(=O)N(C)CCCCCO)n[nH]1. The normalized spacial score (nSPS) is 10.9. The number of aliphatic hydroxyl groups excluding tert-OH is 1. The molecule has 2 N–H and O–H groups in total. The summed E-state index contributed by atoms with van der Waals surface area (Å²) in [5.74, 6) is 1.02. The topological polar surface area (TPSA) is 82.1 Å². The van der Waals surface area contributed by atoms with E-state index in [4.69, 9.17) is 5.11 Å². The van der Waals surface area contributed by atoms with E-state index < -0.39 is 0 Å². The maximum Gasteiger partial charge on any atom is 0.293 e. The van der Waals surface area contributed by atoms with Gasteiger partial charge >= 0.3 is 0 Å². The molecule has 0 fully saturated rings. The summed E-state index contributed by atoms with van der Waals surface area (Å²) in [6.07, 6.45) is 2.57. The highest BCUT2D eigenvalue weighted by atomic mass is 16.2. The Morgan fingerprint density at radius 3 is 2.67 bits per heavy atom. The van der Waals surface area contributed by atoms with Crippen LogP contribution < -0.4 is 0 Å². The zero-order valence-corrected chi connectivity index (χ0v) is 11.3. The number of hydrogen-bond acceptors (Lipinski definition) is 4. The first-order chi connectivity index (χ1) is 8.56. The zero-order valence-electron chi connectivity index (χ0n) is 11.3. The van der Waals surface area contributed by atoms with Crippen LogP contribution in [0.5, 0.6) is 0 Å². The molecule has 1 aromatic heterocycles. The van der Waals surface area contributed by atoms with E-state index in [9.17, 15) is 4.79 Å². The summed E-state index contributed by atoms with van der Waals surface area (Å²) in [6, 6.07) is 0. The molecule has 0 radical (unpaired) electrons. The number of rotatable bonds is 7. The molecule has 0 aromatic carbocycles. The van der Waals surface area contributed by atoms with Crippen molar-refractivity contribution in [2.75, 3.05) is 20.2 Å². The van der Waals surface area contributed by atoms with Crippen LogP contribution in [0.15, 0.2) is 0 Å². The van der Waals surface area contributed by atoms with Gasteiger partial charge in [0.1, 0.15) is 5.82 Å². The number of H-pyrrole nitrogens is 1. The van der Waals surface area contributed by atoms with Gasteiger partial charge in [0.2, 0.25) is 5.82 Å². The number of nitrogens with one attached hydrogen (secondary N) is 1. The van der Waals surface area contributed by atoms with Gasteiger partial charge in [-0.2, -0.15) is 0 Å². The van der Waals surface area contributed by atoms with Crippen molar-refractivity contribution in [3.8, 4) is 0 Å². The first-order valence-electron chi connectivity index (χ1n) is 6.35. The summed E-state index contributed by atoms with van der Waals surface area (Å²) in [5, 5.41) is 15.4. The van der Waals surface area contributed by atoms with Crippen molar-refractivity contribution in [1.29, 1.82) is 0 Å². The van der Waals surface area contributed by atoms with Crippen LogP contribution in [0.1, 0.15) is 55.5 Å². The third-order valence-electron chi connectivity index (χ3n) is 2.74. The predicted octanol–water partition coefficient (Wildman–Crippen LogP) is 1.16. The Bertz CT molecular complexity index is 376. The molecular formula is C12H22N4O2. The summed E-state index contributed by atoms with van der Waals surface area (Å²) in [7, 11) is 1.74. The summed E-state index contributed by atoms with van der Waals surface area (Å²) >= 11 is 0. The van der Waals surface area contributed by atoms with Gasteiger partial charge in [-0.25, -0.2) is 4.98 Å². The van der Waals surface area contributed by atoms with E-state index >= 15 is 0 Å². The second-order valence-electron chi connectivity index (χ2n) is 4.71. The maximum absolute atomic E-state index is 12.0. The Labute approximate surface area is 107 Å². The van der Waals surface area contributed by atoms with Crippen LogP contribution in [0.25, 0.3) is 0 Å². The van der Waals surface area contributed by atoms with Crippen LogP contribution in [-0.4, -0.2) is 51.3 Å². The smallest absolute Gasteiger partial charge is 0.293 e. The molecule has 0 aliphatic heterocycles. The monoisotopic (exact) mass is 254 g/mol. The molecule has 0 aliphatic carbocycles. The molecule has 1 heterocycles. The van der Waals surface area contributed by atoms with Gasteiger partial charge in [-0.1, -0.05) is 13.8 Å². The molecule has 1 aromatic rings. The molecule has 0 saturated carbocycles. The maximum atomic E-state index is 12.0. The van der Waals surface area contributed by atoms with Crippen LogP contribution in [0, 0.1) is 0 Å². The fourth-order valence-electron chi connectivity index (χ4n) is 1.54. The molecule has 0 bridgehead atoms. The Balaban J connectivity index is 2.47. The minimum Gasteiger partial charge on any atom is -0.396 e. The van der Waals surface area contributed by atoms with Gasteiger partial charge in [-0.05, 0) is 19.3 Å². The number of aromatic nitrogens is 3. The minimum atomic E-state index is -0.165. The van der Waals surface area contributed by atoms with Gasteiger partial charge in [0.25, 0.3) is 5.91 Å². The second-order valence-corrected chi connectivity index (χ2v) is 4.71. The number of aliphatic hydroxyl groups is 1. The van der Waals surface area contributed by atoms with Crippen molar-refractivity contribution in [2.45, 2.75) is 39.0 Å². The average Bonchev–Trinajstić information content (AvgIpc) is 2.83. The first kappa shape index (κ1) is 14.6. The van der Waals surface area contributed by atoms with Crippen molar-refractivity contribution < 1.29 is 9.90 Å². The van der Waals surface area contributed by atoms with Gasteiger partial charge in [0, 0.05) is 26.1 Å². The van der Waals surface area contributed by atoms with E-state index in [-0.39, 0.29) is 24.3 Å². The molecule has 6 nitrogen and oxygen atoms in total. The van der Waals surface area contributed by atoms with E-state index in [1.807, 2.05) is 13.8 Å². The Kier molecular flexibility index (Phi) is 5.77. The van der Waals surface area contributed by atoms with E-state index in [2.05, 4.69) is 15.2 Å². The predicted molar refractivity (Wildman–Crippen MR) is 68.4 cm³/mol. The van der Waals surface area contributed by atoms with Crippen LogP contribution in [-0.2, 0) is 0 Å². The lowest BCUT2D eigenvalue weighted by Crippen LogP contribution is -2.28. The first-order valence-corrected chi connectivity index (χ1v) is 6.35. The van der Waals surface area contributed by atoms with Gasteiger partial charge in [-0.3, -0.25) is 9.89 Å². The Hall–Kier alpha value is -1.43. The molecule has 6 heteroatoms. The van der Waals surface area contributed by atoms with E-state index in [1.54, 1.807) is 11.9 Å². The number of hydrogen-bond donors (Lipinski definition) is 2. The minimum absolute atomic E-state index is 0.165. The van der Waals surface area contributed by atoms with Crippen molar-refractivity contribution in [1.82, 2.24) is 20.1 Å². The lowest BCUT2D eigenvalue weighted by molar-refractivity contribution is 0.0780. The fourth-order valence-corrected chi connectivity index (χ4v) is 1.54. The van der Waals surface area contributed by atoms with Crippen LogP contribution in [0.2, 0.25) is 0 Å². The van der Waals surface area contributed by atoms with Crippen molar-refractivity contribution in [2.24, 2.45) is 0 Å². The van der Waals surface area contributed by atoms with Gasteiger partial charge < -0.3 is 10.0 Å². The number of unbranched alkanes of at least 4 members (excludes halogenated alkanes) is 2. The number of carbonyl (C=O) groups is 1. The molecule has 18 heavy (non-hydrogen) atoms. The Morgan fingerprint density at radius 2 is 2.11 bits per heavy atom. The molecule has 0 aliphatic rings. The van der Waals surface area contributed by atoms with E-state index in [1.165, 1.54) is 0 Å². The quantitative estimate of drug-likeness (QED) is 0.715. The molecule has 1 rings (SSSR count). The van der Waals surface area contributed by atoms with Gasteiger partial charge in [-0.15, -0.1) is 5.10 Å². The lowest BCUT2D eigenvalue weighted by atomic mass is 10.2. The van der Waals surface area contributed by atoms with Crippen LogP contribution >= 0.6 is 0 Å².